The maximum atomic E-state index is 12.8. The molecule has 5 nitrogen and oxygen atoms in total. The first-order valence-electron chi connectivity index (χ1n) is 8.68. The number of hydrogen-bond donors (Lipinski definition) is 3. The maximum Gasteiger partial charge on any atom is 0.416 e. The Labute approximate surface area is 164 Å². The monoisotopic (exact) mass is 395 g/mol. The van der Waals surface area contributed by atoms with Gasteiger partial charge in [-0.05, 0) is 35.9 Å². The number of pyridine rings is 1. The fraction of sp³-hybridized carbons (Fsp3) is 0.0476. The molecule has 2 aromatic carbocycles. The molecule has 0 aliphatic heterocycles. The van der Waals surface area contributed by atoms with Crippen molar-refractivity contribution in [2.45, 2.75) is 6.18 Å². The Morgan fingerprint density at radius 3 is 2.45 bits per heavy atom. The number of hydrogen-bond acceptors (Lipinski definition) is 4. The molecule has 0 atom stereocenters. The van der Waals surface area contributed by atoms with Crippen LogP contribution >= 0.6 is 0 Å². The van der Waals surface area contributed by atoms with E-state index in [1.807, 2.05) is 24.3 Å². The van der Waals surface area contributed by atoms with E-state index in [4.69, 9.17) is 0 Å². The Morgan fingerprint density at radius 1 is 0.931 bits per heavy atom. The Morgan fingerprint density at radius 2 is 1.69 bits per heavy atom. The van der Waals surface area contributed by atoms with Crippen molar-refractivity contribution in [3.8, 4) is 11.1 Å². The smallest absolute Gasteiger partial charge is 0.342 e. The molecule has 0 radical (unpaired) electrons. The van der Waals surface area contributed by atoms with Crippen LogP contribution in [0.5, 0.6) is 0 Å². The first-order valence-corrected chi connectivity index (χ1v) is 8.68. The van der Waals surface area contributed by atoms with Crippen LogP contribution in [0.2, 0.25) is 0 Å². The molecule has 8 heteroatoms. The van der Waals surface area contributed by atoms with Gasteiger partial charge in [-0.1, -0.05) is 24.8 Å². The number of nitrogens with zero attached hydrogens (tertiary/aromatic N) is 2. The van der Waals surface area contributed by atoms with Crippen LogP contribution in [0, 0.1) is 0 Å². The van der Waals surface area contributed by atoms with Gasteiger partial charge in [0.15, 0.2) is 0 Å². The summed E-state index contributed by atoms with van der Waals surface area (Å²) in [6, 6.07) is 12.5. The second-order valence-corrected chi connectivity index (χ2v) is 6.40. The first-order chi connectivity index (χ1) is 13.9. The molecule has 0 spiro atoms. The van der Waals surface area contributed by atoms with Gasteiger partial charge in [0.25, 0.3) is 0 Å². The molecule has 0 aliphatic carbocycles. The van der Waals surface area contributed by atoms with Gasteiger partial charge in [-0.2, -0.15) is 18.3 Å². The van der Waals surface area contributed by atoms with E-state index in [-0.39, 0.29) is 0 Å². The molecule has 0 unspecified atom stereocenters. The lowest BCUT2D eigenvalue weighted by Crippen LogP contribution is -2.10. The van der Waals surface area contributed by atoms with Gasteiger partial charge in [-0.3, -0.25) is 10.1 Å². The zero-order valence-corrected chi connectivity index (χ0v) is 15.1. The van der Waals surface area contributed by atoms with Gasteiger partial charge < -0.3 is 10.6 Å². The van der Waals surface area contributed by atoms with Gasteiger partial charge in [-0.25, -0.2) is 0 Å². The number of benzene rings is 2. The van der Waals surface area contributed by atoms with Gasteiger partial charge in [0, 0.05) is 28.5 Å². The predicted molar refractivity (Wildman–Crippen MR) is 107 cm³/mol. The van der Waals surface area contributed by atoms with Crippen LogP contribution in [0.4, 0.5) is 24.5 Å². The van der Waals surface area contributed by atoms with Crippen molar-refractivity contribution in [2.24, 2.45) is 0 Å². The third-order valence-corrected chi connectivity index (χ3v) is 4.34. The first kappa shape index (κ1) is 18.5. The number of halogens is 3. The third kappa shape index (κ3) is 4.06. The van der Waals surface area contributed by atoms with E-state index in [1.165, 1.54) is 6.07 Å². The van der Waals surface area contributed by atoms with Crippen molar-refractivity contribution in [3.05, 3.63) is 85.1 Å². The predicted octanol–water partition coefficient (Wildman–Crippen LogP) is 5.64. The molecule has 4 aromatic rings. The second kappa shape index (κ2) is 7.31. The molecule has 2 aromatic heterocycles. The Hall–Kier alpha value is -3.81. The van der Waals surface area contributed by atoms with Crippen molar-refractivity contribution in [1.82, 2.24) is 15.2 Å². The average molecular weight is 395 g/mol. The number of anilines is 2. The summed E-state index contributed by atoms with van der Waals surface area (Å²) >= 11 is 0. The summed E-state index contributed by atoms with van der Waals surface area (Å²) in [5, 5.41) is 13.8. The van der Waals surface area contributed by atoms with Crippen molar-refractivity contribution < 1.29 is 13.2 Å². The number of rotatable bonds is 5. The molecule has 146 valence electrons. The van der Waals surface area contributed by atoms with Crippen LogP contribution < -0.4 is 10.6 Å². The Bertz CT molecular complexity index is 1160. The molecule has 0 saturated heterocycles. The molecule has 3 N–H and O–H groups in total. The minimum Gasteiger partial charge on any atom is -0.342 e. The number of fused-ring (bicyclic) bond motifs is 1. The van der Waals surface area contributed by atoms with Crippen molar-refractivity contribution in [1.29, 1.82) is 0 Å². The van der Waals surface area contributed by atoms with E-state index in [0.29, 0.717) is 11.5 Å². The van der Waals surface area contributed by atoms with E-state index in [0.717, 1.165) is 39.8 Å². The second-order valence-electron chi connectivity index (χ2n) is 6.40. The molecule has 2 heterocycles. The molecule has 0 fully saturated rings. The fourth-order valence-electron chi connectivity index (χ4n) is 2.98. The van der Waals surface area contributed by atoms with Gasteiger partial charge in [-0.15, -0.1) is 0 Å². The minimum absolute atomic E-state index is 0.298. The van der Waals surface area contributed by atoms with Crippen LogP contribution in [0.1, 0.15) is 5.56 Å². The highest BCUT2D eigenvalue weighted by molar-refractivity contribution is 5.93. The Kier molecular flexibility index (Phi) is 4.67. The van der Waals surface area contributed by atoms with E-state index < -0.39 is 11.7 Å². The lowest BCUT2D eigenvalue weighted by atomic mass is 10.0. The molecular weight excluding hydrogens is 379 g/mol. The number of aromatic nitrogens is 3. The SMILES string of the molecule is C=C(Nc1ccc(-c2cncc3[nH]ncc23)cc1)Nc1cccc(C(F)(F)F)c1. The van der Waals surface area contributed by atoms with E-state index in [2.05, 4.69) is 32.4 Å². The van der Waals surface area contributed by atoms with Crippen LogP contribution in [0.3, 0.4) is 0 Å². The van der Waals surface area contributed by atoms with Crippen LogP contribution in [0.15, 0.2) is 79.5 Å². The van der Waals surface area contributed by atoms with Crippen LogP contribution in [0.25, 0.3) is 22.0 Å². The molecule has 0 saturated carbocycles. The number of alkyl halides is 3. The number of H-pyrrole nitrogens is 1. The number of nitrogens with one attached hydrogen (secondary N) is 3. The summed E-state index contributed by atoms with van der Waals surface area (Å²) in [5.41, 5.74) is 3.08. The quantitative estimate of drug-likeness (QED) is 0.409. The zero-order chi connectivity index (χ0) is 20.4. The fourth-order valence-corrected chi connectivity index (χ4v) is 2.98. The Balaban J connectivity index is 1.47. The highest BCUT2D eigenvalue weighted by Gasteiger charge is 2.30. The molecule has 0 aliphatic rings. The summed E-state index contributed by atoms with van der Waals surface area (Å²) in [6.07, 6.45) is 0.841. The number of aromatic amines is 1. The van der Waals surface area contributed by atoms with Crippen molar-refractivity contribution in [2.75, 3.05) is 10.6 Å². The molecule has 0 bridgehead atoms. The van der Waals surface area contributed by atoms with E-state index in [9.17, 15) is 13.2 Å². The molecule has 0 amide bonds. The van der Waals surface area contributed by atoms with Gasteiger partial charge >= 0.3 is 6.18 Å². The summed E-state index contributed by atoms with van der Waals surface area (Å²) in [6.45, 7) is 3.83. The lowest BCUT2D eigenvalue weighted by Gasteiger charge is -2.14. The molecule has 29 heavy (non-hydrogen) atoms. The van der Waals surface area contributed by atoms with Crippen molar-refractivity contribution in [3.63, 3.8) is 0 Å². The van der Waals surface area contributed by atoms with Crippen molar-refractivity contribution >= 4 is 22.3 Å². The third-order valence-electron chi connectivity index (χ3n) is 4.34. The van der Waals surface area contributed by atoms with E-state index >= 15 is 0 Å². The summed E-state index contributed by atoms with van der Waals surface area (Å²) < 4.78 is 38.5. The minimum atomic E-state index is -4.39. The van der Waals surface area contributed by atoms with Gasteiger partial charge in [0.1, 0.15) is 5.82 Å². The maximum absolute atomic E-state index is 12.8. The zero-order valence-electron chi connectivity index (χ0n) is 15.1. The summed E-state index contributed by atoms with van der Waals surface area (Å²) in [4.78, 5) is 4.21. The van der Waals surface area contributed by atoms with Crippen LogP contribution in [-0.4, -0.2) is 15.2 Å². The standard InChI is InChI=1S/C21H16F3N5/c1-13(28-17-4-2-3-15(9-17)21(22,23)24)27-16-7-5-14(6-8-16)18-10-25-12-20-19(18)11-26-29-20/h2-12,27-28H,1H2,(H,26,29). The average Bonchev–Trinajstić information content (AvgIpc) is 3.17. The summed E-state index contributed by atoms with van der Waals surface area (Å²) in [7, 11) is 0. The van der Waals surface area contributed by atoms with E-state index in [1.54, 1.807) is 24.7 Å². The summed E-state index contributed by atoms with van der Waals surface area (Å²) in [5.74, 6) is 0.357. The van der Waals surface area contributed by atoms with Gasteiger partial charge in [0.05, 0.1) is 23.5 Å². The largest absolute Gasteiger partial charge is 0.416 e. The highest BCUT2D eigenvalue weighted by Crippen LogP contribution is 2.31. The highest BCUT2D eigenvalue weighted by atomic mass is 19.4. The van der Waals surface area contributed by atoms with Crippen LogP contribution in [-0.2, 0) is 6.18 Å². The topological polar surface area (TPSA) is 65.6 Å². The lowest BCUT2D eigenvalue weighted by molar-refractivity contribution is -0.137. The molecule has 4 rings (SSSR count). The molecular formula is C21H16F3N5. The normalized spacial score (nSPS) is 11.4. The van der Waals surface area contributed by atoms with Gasteiger partial charge in [0.2, 0.25) is 0 Å².